The Morgan fingerprint density at radius 3 is 2.69 bits per heavy atom. The monoisotopic (exact) mass is 547 g/mol. The van der Waals surface area contributed by atoms with Crippen molar-refractivity contribution >= 4 is 46.8 Å². The minimum atomic E-state index is -0.0911. The summed E-state index contributed by atoms with van der Waals surface area (Å²) in [7, 11) is 0. The van der Waals surface area contributed by atoms with Crippen LogP contribution in [0.3, 0.4) is 0 Å². The summed E-state index contributed by atoms with van der Waals surface area (Å²) in [6.45, 7) is 1.46. The van der Waals surface area contributed by atoms with E-state index in [2.05, 4.69) is 20.4 Å². The van der Waals surface area contributed by atoms with Gasteiger partial charge in [0.05, 0.1) is 52.8 Å². The van der Waals surface area contributed by atoms with E-state index in [1.165, 1.54) is 12.8 Å². The van der Waals surface area contributed by atoms with Gasteiger partial charge >= 0.3 is 6.03 Å². The minimum absolute atomic E-state index is 0.0911. The van der Waals surface area contributed by atoms with Crippen molar-refractivity contribution in [3.05, 3.63) is 50.9 Å². The van der Waals surface area contributed by atoms with Crippen LogP contribution in [-0.4, -0.2) is 43.3 Å². The van der Waals surface area contributed by atoms with E-state index in [-0.39, 0.29) is 18.0 Å². The fraction of sp³-hybridized carbons (Fsp3) is 0.417. The molecule has 7 rings (SSSR count). The molecule has 4 aliphatic rings. The van der Waals surface area contributed by atoms with Gasteiger partial charge in [-0.15, -0.1) is 0 Å². The molecule has 188 valence electrons. The molecule has 0 saturated heterocycles. The smallest absolute Gasteiger partial charge is 0.318 e. The summed E-state index contributed by atoms with van der Waals surface area (Å²) in [4.78, 5) is 23.7. The fourth-order valence-electron chi connectivity index (χ4n) is 5.51. The molecule has 3 heterocycles. The first-order valence-corrected chi connectivity index (χ1v) is 13.0. The van der Waals surface area contributed by atoms with Gasteiger partial charge in [-0.05, 0) is 43.2 Å². The van der Waals surface area contributed by atoms with Crippen LogP contribution in [-0.2, 0) is 19.6 Å². The molecular weight excluding hydrogens is 525 g/mol. The first kappa shape index (κ1) is 23.6. The van der Waals surface area contributed by atoms with Gasteiger partial charge < -0.3 is 20.7 Å². The molecule has 1 aromatic carbocycles. The second kappa shape index (κ2) is 9.28. The van der Waals surface area contributed by atoms with Gasteiger partial charge in [-0.2, -0.15) is 5.10 Å². The van der Waals surface area contributed by atoms with E-state index < -0.39 is 0 Å². The molecule has 2 bridgehead atoms. The number of hydrogen-bond donors (Lipinski definition) is 2. The Kier molecular flexibility index (Phi) is 6.09. The maximum Gasteiger partial charge on any atom is 0.318 e. The summed E-state index contributed by atoms with van der Waals surface area (Å²) in [6.07, 6.45) is 6.80. The molecule has 0 spiro atoms. The number of rotatable bonds is 6. The zero-order valence-corrected chi connectivity index (χ0v) is 21.5. The molecule has 3 fully saturated rings. The summed E-state index contributed by atoms with van der Waals surface area (Å²) in [5.74, 6) is 1.94. The number of benzene rings is 1. The quantitative estimate of drug-likeness (QED) is 0.458. The highest BCUT2D eigenvalue weighted by Crippen LogP contribution is 2.48. The van der Waals surface area contributed by atoms with Crippen molar-refractivity contribution in [1.82, 2.24) is 30.0 Å². The lowest BCUT2D eigenvalue weighted by molar-refractivity contribution is 0.190. The lowest BCUT2D eigenvalue weighted by Crippen LogP contribution is -2.43. The maximum atomic E-state index is 13.1. The Morgan fingerprint density at radius 1 is 1.14 bits per heavy atom. The largest absolute Gasteiger partial charge is 0.491 e. The molecule has 3 saturated carbocycles. The van der Waals surface area contributed by atoms with Crippen molar-refractivity contribution in [3.8, 4) is 17.0 Å². The lowest BCUT2D eigenvalue weighted by atomic mass is 9.84. The summed E-state index contributed by atoms with van der Waals surface area (Å²) >= 11 is 18.9. The summed E-state index contributed by atoms with van der Waals surface area (Å²) in [6, 6.07) is 3.49. The zero-order chi connectivity index (χ0) is 25.0. The Bertz CT molecular complexity index is 1340. The van der Waals surface area contributed by atoms with Gasteiger partial charge in [-0.25, -0.2) is 14.8 Å². The topological polar surface area (TPSA) is 111 Å². The summed E-state index contributed by atoms with van der Waals surface area (Å²) in [5, 5.41) is 8.72. The second-order valence-corrected chi connectivity index (χ2v) is 10.9. The van der Waals surface area contributed by atoms with E-state index in [0.717, 1.165) is 17.9 Å². The first-order chi connectivity index (χ1) is 17.3. The Morgan fingerprint density at radius 2 is 1.97 bits per heavy atom. The number of ether oxygens (including phenoxy) is 1. The maximum absolute atomic E-state index is 13.1. The van der Waals surface area contributed by atoms with Gasteiger partial charge in [0.2, 0.25) is 5.95 Å². The SMILES string of the molecule is Nc1nc2c(c(-c3c(Cl)cc(Cl)cc3OCCn3cc(Cl)cn3)n1)CN(C(=O)NC1CC3CC1C3)C2. The van der Waals surface area contributed by atoms with Crippen LogP contribution in [0.25, 0.3) is 11.3 Å². The van der Waals surface area contributed by atoms with Gasteiger partial charge in [0.25, 0.3) is 0 Å². The second-order valence-electron chi connectivity index (χ2n) is 9.63. The number of urea groups is 1. The molecule has 2 amide bonds. The molecular formula is C24H24Cl3N7O2. The number of anilines is 1. The van der Waals surface area contributed by atoms with Crippen molar-refractivity contribution in [2.75, 3.05) is 12.3 Å². The average molecular weight is 549 g/mol. The van der Waals surface area contributed by atoms with Crippen LogP contribution in [0.4, 0.5) is 10.7 Å². The predicted octanol–water partition coefficient (Wildman–Crippen LogP) is 4.79. The number of nitrogens with two attached hydrogens (primary N) is 1. The number of hydrogen-bond acceptors (Lipinski definition) is 6. The van der Waals surface area contributed by atoms with E-state index >= 15 is 0 Å². The summed E-state index contributed by atoms with van der Waals surface area (Å²) < 4.78 is 7.76. The molecule has 36 heavy (non-hydrogen) atoms. The van der Waals surface area contributed by atoms with Crippen molar-refractivity contribution in [2.45, 2.75) is 44.9 Å². The van der Waals surface area contributed by atoms with Crippen LogP contribution in [0.5, 0.6) is 5.75 Å². The number of nitrogen functional groups attached to an aromatic ring is 1. The molecule has 12 heteroatoms. The van der Waals surface area contributed by atoms with Crippen LogP contribution in [0.2, 0.25) is 15.1 Å². The van der Waals surface area contributed by atoms with Gasteiger partial charge in [0.1, 0.15) is 12.4 Å². The molecule has 3 N–H and O–H groups in total. The number of carbonyl (C=O) groups is 1. The molecule has 9 nitrogen and oxygen atoms in total. The number of nitrogens with one attached hydrogen (secondary N) is 1. The van der Waals surface area contributed by atoms with Gasteiger partial charge in [-0.3, -0.25) is 4.68 Å². The Hall–Kier alpha value is -2.75. The number of halogens is 3. The molecule has 1 unspecified atom stereocenters. The van der Waals surface area contributed by atoms with E-state index in [0.29, 0.717) is 69.9 Å². The van der Waals surface area contributed by atoms with Crippen molar-refractivity contribution < 1.29 is 9.53 Å². The number of nitrogens with zero attached hydrogens (tertiary/aromatic N) is 5. The van der Waals surface area contributed by atoms with E-state index in [4.69, 9.17) is 45.3 Å². The van der Waals surface area contributed by atoms with Crippen LogP contribution < -0.4 is 15.8 Å². The average Bonchev–Trinajstić information content (AvgIpc) is 3.56. The number of carbonyl (C=O) groups excluding carboxylic acids is 1. The van der Waals surface area contributed by atoms with Crippen LogP contribution >= 0.6 is 34.8 Å². The highest BCUT2D eigenvalue weighted by atomic mass is 35.5. The highest BCUT2D eigenvalue weighted by Gasteiger charge is 2.45. The molecule has 0 radical (unpaired) electrons. The molecule has 2 aromatic heterocycles. The van der Waals surface area contributed by atoms with Crippen LogP contribution in [0, 0.1) is 11.8 Å². The third-order valence-electron chi connectivity index (χ3n) is 7.26. The summed E-state index contributed by atoms with van der Waals surface area (Å²) in [5.41, 5.74) is 8.67. The first-order valence-electron chi connectivity index (χ1n) is 11.8. The van der Waals surface area contributed by atoms with Crippen LogP contribution in [0.15, 0.2) is 24.5 Å². The lowest BCUT2D eigenvalue weighted by Gasteiger charge is -2.26. The number of fused-ring (bicyclic) bond motifs is 2. The third-order valence-corrected chi connectivity index (χ3v) is 7.97. The van der Waals surface area contributed by atoms with Crippen LogP contribution in [0.1, 0.15) is 30.5 Å². The predicted molar refractivity (Wildman–Crippen MR) is 137 cm³/mol. The third kappa shape index (κ3) is 4.44. The van der Waals surface area contributed by atoms with Gasteiger partial charge in [0.15, 0.2) is 0 Å². The van der Waals surface area contributed by atoms with E-state index in [1.807, 2.05) is 0 Å². The molecule has 1 atom stereocenters. The standard InChI is InChI=1S/C24H24Cl3N7O2/c25-14-6-17(27)21(20(7-14)36-2-1-34-9-15(26)8-29-34)22-16-10-33(11-19(16)30-23(28)32-22)24(35)31-18-5-12-3-13(18)4-12/h6-9,12-13,18H,1-5,10-11H2,(H,31,35)(H2,28,30,32). The van der Waals surface area contributed by atoms with E-state index in [1.54, 1.807) is 34.1 Å². The highest BCUT2D eigenvalue weighted by molar-refractivity contribution is 6.37. The van der Waals surface area contributed by atoms with Crippen molar-refractivity contribution in [2.24, 2.45) is 11.8 Å². The molecule has 3 aliphatic carbocycles. The number of amides is 2. The Labute approximate surface area is 222 Å². The normalized spacial score (nSPS) is 21.9. The Balaban J connectivity index is 1.26. The minimum Gasteiger partial charge on any atom is -0.491 e. The molecule has 1 aliphatic heterocycles. The van der Waals surface area contributed by atoms with Gasteiger partial charge in [0, 0.05) is 22.8 Å². The van der Waals surface area contributed by atoms with Gasteiger partial charge in [-0.1, -0.05) is 34.8 Å². The zero-order valence-electron chi connectivity index (χ0n) is 19.3. The number of aromatic nitrogens is 4. The molecule has 3 aromatic rings. The van der Waals surface area contributed by atoms with Crippen molar-refractivity contribution in [1.29, 1.82) is 0 Å². The van der Waals surface area contributed by atoms with E-state index in [9.17, 15) is 4.79 Å². The fourth-order valence-corrected chi connectivity index (χ4v) is 6.23. The van der Waals surface area contributed by atoms with Crippen molar-refractivity contribution in [3.63, 3.8) is 0 Å².